The zero-order chi connectivity index (χ0) is 23.7. The van der Waals surface area contributed by atoms with E-state index in [1.54, 1.807) is 6.20 Å². The van der Waals surface area contributed by atoms with Crippen molar-refractivity contribution in [1.82, 2.24) is 20.2 Å². The van der Waals surface area contributed by atoms with E-state index in [9.17, 15) is 9.50 Å². The number of nitrogens with one attached hydrogen (secondary N) is 2. The molecule has 1 atom stereocenters. The molecule has 2 fully saturated rings. The highest BCUT2D eigenvalue weighted by atomic mass is 19.1. The first kappa shape index (κ1) is 23.0. The number of nitrogens with zero attached hydrogens (tertiary/aromatic N) is 4. The first-order valence-corrected chi connectivity index (χ1v) is 12.1. The van der Waals surface area contributed by atoms with Gasteiger partial charge in [-0.15, -0.1) is 0 Å². The number of aromatic nitrogens is 2. The molecule has 2 aliphatic rings. The van der Waals surface area contributed by atoms with Gasteiger partial charge >= 0.3 is 0 Å². The number of likely N-dealkylation sites (tertiary alicyclic amines) is 1. The normalized spacial score (nSPS) is 19.8. The van der Waals surface area contributed by atoms with E-state index in [4.69, 9.17) is 4.98 Å². The van der Waals surface area contributed by atoms with Gasteiger partial charge in [-0.1, -0.05) is 0 Å². The first-order valence-electron chi connectivity index (χ1n) is 12.1. The molecule has 7 nitrogen and oxygen atoms in total. The predicted molar refractivity (Wildman–Crippen MR) is 134 cm³/mol. The summed E-state index contributed by atoms with van der Waals surface area (Å²) in [5.41, 5.74) is 1.76. The maximum atomic E-state index is 14.6. The highest BCUT2D eigenvalue weighted by Gasteiger charge is 2.36. The van der Waals surface area contributed by atoms with E-state index in [1.165, 1.54) is 6.07 Å². The standard InChI is InChI=1S/C26H33FN6O/c1-26(34,19-7-11-32(2)12-8-19)24-6-3-18-17-29-25(16-22(18)30-24)31-23-15-20(4-5-21(23)27)33-13-9-28-10-14-33/h3-6,15-17,19,28,34H,7-14H2,1-2H3,(H,29,31). The van der Waals surface area contributed by atoms with Crippen LogP contribution in [0.3, 0.4) is 0 Å². The van der Waals surface area contributed by atoms with Gasteiger partial charge in [-0.3, -0.25) is 0 Å². The molecule has 2 aliphatic heterocycles. The molecule has 3 N–H and O–H groups in total. The Labute approximate surface area is 200 Å². The highest BCUT2D eigenvalue weighted by molar-refractivity contribution is 5.81. The van der Waals surface area contributed by atoms with E-state index >= 15 is 0 Å². The van der Waals surface area contributed by atoms with Gasteiger partial charge in [0.25, 0.3) is 0 Å². The van der Waals surface area contributed by atoms with E-state index in [1.807, 2.05) is 37.3 Å². The van der Waals surface area contributed by atoms with Crippen molar-refractivity contribution in [3.8, 4) is 0 Å². The van der Waals surface area contributed by atoms with Crippen LogP contribution in [0.25, 0.3) is 10.9 Å². The summed E-state index contributed by atoms with van der Waals surface area (Å²) >= 11 is 0. The summed E-state index contributed by atoms with van der Waals surface area (Å²) in [6.07, 6.45) is 3.61. The fourth-order valence-electron chi connectivity index (χ4n) is 5.01. The molecule has 0 amide bonds. The van der Waals surface area contributed by atoms with Crippen molar-refractivity contribution < 1.29 is 9.50 Å². The number of aliphatic hydroxyl groups is 1. The van der Waals surface area contributed by atoms with Crippen LogP contribution in [-0.4, -0.2) is 66.3 Å². The summed E-state index contributed by atoms with van der Waals surface area (Å²) in [6, 6.07) is 10.8. The Balaban J connectivity index is 1.40. The SMILES string of the molecule is CN1CCC(C(C)(O)c2ccc3cnc(Nc4cc(N5CCNCC5)ccc4F)cc3n2)CC1. The quantitative estimate of drug-likeness (QED) is 0.534. The van der Waals surface area contributed by atoms with Gasteiger partial charge in [0.05, 0.1) is 16.9 Å². The van der Waals surface area contributed by atoms with E-state index in [-0.39, 0.29) is 11.7 Å². The van der Waals surface area contributed by atoms with Crippen LogP contribution in [0.5, 0.6) is 0 Å². The Kier molecular flexibility index (Phi) is 6.38. The maximum Gasteiger partial charge on any atom is 0.146 e. The van der Waals surface area contributed by atoms with Crippen LogP contribution in [0.1, 0.15) is 25.5 Å². The third kappa shape index (κ3) is 4.71. The third-order valence-electron chi connectivity index (χ3n) is 7.30. The lowest BCUT2D eigenvalue weighted by atomic mass is 9.79. The molecule has 1 unspecified atom stereocenters. The molecule has 4 heterocycles. The van der Waals surface area contributed by atoms with Gasteiger partial charge in [0.1, 0.15) is 17.2 Å². The van der Waals surface area contributed by atoms with Gasteiger partial charge in [0, 0.05) is 49.5 Å². The molecule has 3 aromatic rings. The van der Waals surface area contributed by atoms with E-state index in [0.717, 1.165) is 68.7 Å². The molecule has 0 aliphatic carbocycles. The van der Waals surface area contributed by atoms with Crippen molar-refractivity contribution in [2.45, 2.75) is 25.4 Å². The Hall–Kier alpha value is -2.81. The van der Waals surface area contributed by atoms with Crippen molar-refractivity contribution in [2.24, 2.45) is 5.92 Å². The van der Waals surface area contributed by atoms with Crippen LogP contribution in [0.4, 0.5) is 21.6 Å². The van der Waals surface area contributed by atoms with Gasteiger partial charge in [-0.2, -0.15) is 0 Å². The number of rotatable bonds is 5. The summed E-state index contributed by atoms with van der Waals surface area (Å²) in [4.78, 5) is 13.8. The molecule has 0 spiro atoms. The number of piperazine rings is 1. The molecule has 8 heteroatoms. The second kappa shape index (κ2) is 9.44. The number of fused-ring (bicyclic) bond motifs is 1. The average molecular weight is 465 g/mol. The van der Waals surface area contributed by atoms with E-state index in [2.05, 4.69) is 32.5 Å². The van der Waals surface area contributed by atoms with Crippen molar-refractivity contribution in [3.05, 3.63) is 54.1 Å². The number of anilines is 3. The van der Waals surface area contributed by atoms with Gasteiger partial charge in [0.2, 0.25) is 0 Å². The first-order chi connectivity index (χ1) is 16.4. The lowest BCUT2D eigenvalue weighted by Crippen LogP contribution is -2.43. The number of benzene rings is 1. The monoisotopic (exact) mass is 464 g/mol. The zero-order valence-electron chi connectivity index (χ0n) is 19.9. The topological polar surface area (TPSA) is 76.6 Å². The second-order valence-corrected chi connectivity index (χ2v) is 9.71. The van der Waals surface area contributed by atoms with Crippen molar-refractivity contribution in [2.75, 3.05) is 56.5 Å². The third-order valence-corrected chi connectivity index (χ3v) is 7.30. The maximum absolute atomic E-state index is 14.6. The molecule has 0 radical (unpaired) electrons. The Bertz CT molecular complexity index is 1160. The van der Waals surface area contributed by atoms with Crippen molar-refractivity contribution in [1.29, 1.82) is 0 Å². The Morgan fingerprint density at radius 3 is 2.62 bits per heavy atom. The number of halogens is 1. The molecular formula is C26H33FN6O. The summed E-state index contributed by atoms with van der Waals surface area (Å²) in [5, 5.41) is 18.7. The molecule has 2 aromatic heterocycles. The number of hydrogen-bond acceptors (Lipinski definition) is 7. The van der Waals surface area contributed by atoms with Crippen LogP contribution < -0.4 is 15.5 Å². The zero-order valence-corrected chi connectivity index (χ0v) is 19.9. The molecular weight excluding hydrogens is 431 g/mol. The minimum absolute atomic E-state index is 0.162. The van der Waals surface area contributed by atoms with Crippen molar-refractivity contribution >= 4 is 28.1 Å². The van der Waals surface area contributed by atoms with Gasteiger partial charge < -0.3 is 25.5 Å². The average Bonchev–Trinajstić information content (AvgIpc) is 2.86. The molecule has 34 heavy (non-hydrogen) atoms. The smallest absolute Gasteiger partial charge is 0.146 e. The molecule has 1 aromatic carbocycles. The van der Waals surface area contributed by atoms with Crippen molar-refractivity contribution in [3.63, 3.8) is 0 Å². The molecule has 180 valence electrons. The van der Waals surface area contributed by atoms with Crippen LogP contribution in [0, 0.1) is 11.7 Å². The number of piperidine rings is 1. The summed E-state index contributed by atoms with van der Waals surface area (Å²) in [7, 11) is 2.11. The molecule has 0 bridgehead atoms. The van der Waals surface area contributed by atoms with E-state index in [0.29, 0.717) is 17.2 Å². The Morgan fingerprint density at radius 2 is 1.85 bits per heavy atom. The van der Waals surface area contributed by atoms with E-state index < -0.39 is 5.60 Å². The molecule has 2 saturated heterocycles. The van der Waals surface area contributed by atoms with Crippen LogP contribution in [-0.2, 0) is 5.60 Å². The minimum Gasteiger partial charge on any atom is -0.384 e. The summed E-state index contributed by atoms with van der Waals surface area (Å²) < 4.78 is 14.6. The second-order valence-electron chi connectivity index (χ2n) is 9.71. The lowest BCUT2D eigenvalue weighted by Gasteiger charge is -2.38. The minimum atomic E-state index is -1.00. The van der Waals surface area contributed by atoms with Gasteiger partial charge in [-0.05, 0) is 76.2 Å². The largest absolute Gasteiger partial charge is 0.384 e. The number of hydrogen-bond donors (Lipinski definition) is 3. The summed E-state index contributed by atoms with van der Waals surface area (Å²) in [6.45, 7) is 7.44. The van der Waals surface area contributed by atoms with Crippen LogP contribution in [0.2, 0.25) is 0 Å². The molecule has 5 rings (SSSR count). The number of pyridine rings is 2. The van der Waals surface area contributed by atoms with Crippen LogP contribution in [0.15, 0.2) is 42.6 Å². The fourth-order valence-corrected chi connectivity index (χ4v) is 5.01. The van der Waals surface area contributed by atoms with Crippen LogP contribution >= 0.6 is 0 Å². The Morgan fingerprint density at radius 1 is 1.09 bits per heavy atom. The van der Waals surface area contributed by atoms with Gasteiger partial charge in [0.15, 0.2) is 0 Å². The molecule has 0 saturated carbocycles. The highest BCUT2D eigenvalue weighted by Crippen LogP contribution is 2.36. The fraction of sp³-hybridized carbons (Fsp3) is 0.462. The van der Waals surface area contributed by atoms with Gasteiger partial charge in [-0.25, -0.2) is 14.4 Å². The summed E-state index contributed by atoms with van der Waals surface area (Å²) in [5.74, 6) is 0.357. The predicted octanol–water partition coefficient (Wildman–Crippen LogP) is 3.47. The lowest BCUT2D eigenvalue weighted by molar-refractivity contribution is -0.0334.